The van der Waals surface area contributed by atoms with E-state index in [4.69, 9.17) is 23.7 Å². The van der Waals surface area contributed by atoms with Gasteiger partial charge in [-0.3, -0.25) is 19.2 Å². The molecule has 0 spiro atoms. The molecule has 1 aliphatic carbocycles. The molecule has 3 heterocycles. The quantitative estimate of drug-likeness (QED) is 0.156. The minimum absolute atomic E-state index is 0.0193. The lowest BCUT2D eigenvalue weighted by molar-refractivity contribution is -0.265. The number of aliphatic hydroxyl groups is 3. The molecule has 1 amide bonds. The zero-order valence-corrected chi connectivity index (χ0v) is 40.6. The van der Waals surface area contributed by atoms with Gasteiger partial charge in [0.1, 0.15) is 30.1 Å². The van der Waals surface area contributed by atoms with Crippen molar-refractivity contribution in [3.05, 3.63) is 47.6 Å². The van der Waals surface area contributed by atoms with E-state index >= 15 is 0 Å². The van der Waals surface area contributed by atoms with Crippen molar-refractivity contribution >= 4 is 29.2 Å². The van der Waals surface area contributed by atoms with Crippen molar-refractivity contribution in [3.63, 3.8) is 0 Å². The van der Waals surface area contributed by atoms with Gasteiger partial charge in [0.05, 0.1) is 24.4 Å². The van der Waals surface area contributed by atoms with E-state index in [1.165, 1.54) is 12.0 Å². The number of piperidine rings is 1. The number of allylic oxidation sites excluding steroid dienone is 6. The Hall–Kier alpha value is -3.37. The summed E-state index contributed by atoms with van der Waals surface area (Å²) in [6.45, 7) is 12.7. The van der Waals surface area contributed by atoms with Crippen LogP contribution in [0.4, 0.5) is 0 Å². The molecule has 14 heteroatoms. The van der Waals surface area contributed by atoms with Crippen molar-refractivity contribution < 1.29 is 63.0 Å². The Bertz CT molecular complexity index is 1760. The lowest BCUT2D eigenvalue weighted by Crippen LogP contribution is -2.61. The molecule has 3 N–H and O–H groups in total. The second kappa shape index (κ2) is 25.1. The highest BCUT2D eigenvalue weighted by Crippen LogP contribution is 2.38. The average Bonchev–Trinajstić information content (AvgIpc) is 3.28. The molecule has 4 aliphatic rings. The Labute approximate surface area is 387 Å². The number of carbonyl (C=O) groups excluding carboxylic acids is 5. The summed E-state index contributed by atoms with van der Waals surface area (Å²) in [5.74, 6) is -7.96. The van der Waals surface area contributed by atoms with E-state index in [1.54, 1.807) is 41.1 Å². The van der Waals surface area contributed by atoms with Gasteiger partial charge in [0.25, 0.3) is 11.7 Å². The van der Waals surface area contributed by atoms with E-state index in [0.717, 1.165) is 12.0 Å². The fourth-order valence-electron chi connectivity index (χ4n) is 10.1. The number of hydrogen-bond acceptors (Lipinski definition) is 13. The topological polar surface area (TPSA) is 195 Å². The monoisotopic (exact) mass is 914 g/mol. The number of Topliss-reactive ketones (excluding diaryl/α,β-unsaturated/α-hetero) is 3. The van der Waals surface area contributed by atoms with E-state index in [1.807, 2.05) is 58.1 Å². The second-order valence-corrected chi connectivity index (χ2v) is 19.6. The number of carbonyl (C=O) groups is 5. The standard InChI is InChI=1S/C51H79NO13/c1-30-16-12-11-13-17-31(2)42(61-8)28-38-21-19-36(7)51(60,65-38)48(57)49(58)52-23-15-14-18-39(52)50(59)64-43(33(4)26-37-20-22-40(53)44(27-37)62-9)29-41(54)32(3)25-35(6)46(56)47(63-10)45(55)34(5)24-30/h11-13,16-17,25,30,32-34,36-40,42-44,46-47,53,56,60H,14-15,18-24,26-29H2,1-10H3/b13-11+,16-12+,31-17+,35-25+/t30-,32-,33-,34-,36-,37?,38+,39?,40-,42+,43+,44-,46-,47+,51-/m1/s1. The number of hydrogen-bond donors (Lipinski definition) is 3. The van der Waals surface area contributed by atoms with Crippen LogP contribution in [-0.4, -0.2) is 132 Å². The third kappa shape index (κ3) is 14.3. The second-order valence-electron chi connectivity index (χ2n) is 19.6. The Morgan fingerprint density at radius 2 is 1.57 bits per heavy atom. The van der Waals surface area contributed by atoms with Crippen molar-refractivity contribution in [2.24, 2.45) is 35.5 Å². The Kier molecular flexibility index (Phi) is 21.0. The summed E-state index contributed by atoms with van der Waals surface area (Å²) in [5.41, 5.74) is 1.27. The number of rotatable bonds is 6. The third-order valence-electron chi connectivity index (χ3n) is 14.5. The van der Waals surface area contributed by atoms with Crippen LogP contribution in [0.3, 0.4) is 0 Å². The van der Waals surface area contributed by atoms with Crippen LogP contribution in [-0.2, 0) is 47.7 Å². The number of amides is 1. The number of methoxy groups -OCH3 is 3. The van der Waals surface area contributed by atoms with Gasteiger partial charge in [-0.1, -0.05) is 71.1 Å². The summed E-state index contributed by atoms with van der Waals surface area (Å²) in [5, 5.41) is 33.8. The first-order valence-electron chi connectivity index (χ1n) is 23.9. The van der Waals surface area contributed by atoms with Crippen LogP contribution in [0, 0.1) is 35.5 Å². The lowest BCUT2D eigenvalue weighted by atomic mass is 9.78. The number of ketones is 3. The SMILES string of the molecule is CO[C@H]1C[C@@H]2CC[C@@H](C)[C@@](O)(O2)C(=O)C(=O)N2CCCCC2C(=O)O[C@H]([C@H](C)CC2CC[C@@H](O)[C@H](OC)C2)CC(=O)[C@H](C)/C=C(\C)[C@@H](O)[C@@H](OC)C(=O)[C@H](C)C[C@H](C)/C=C/C=C/C=C/1C. The highest BCUT2D eigenvalue weighted by molar-refractivity contribution is 6.39. The van der Waals surface area contributed by atoms with Crippen LogP contribution in [0.15, 0.2) is 47.6 Å². The Morgan fingerprint density at radius 1 is 0.846 bits per heavy atom. The third-order valence-corrected chi connectivity index (χ3v) is 14.5. The van der Waals surface area contributed by atoms with Gasteiger partial charge in [0.2, 0.25) is 5.79 Å². The molecule has 0 aromatic carbocycles. The summed E-state index contributed by atoms with van der Waals surface area (Å²) in [6, 6.07) is -1.14. The maximum atomic E-state index is 14.4. The molecule has 366 valence electrons. The van der Waals surface area contributed by atoms with Gasteiger partial charge >= 0.3 is 5.97 Å². The van der Waals surface area contributed by atoms with Crippen LogP contribution >= 0.6 is 0 Å². The highest BCUT2D eigenvalue weighted by Gasteiger charge is 2.53. The molecule has 3 aliphatic heterocycles. The van der Waals surface area contributed by atoms with Gasteiger partial charge in [-0.2, -0.15) is 0 Å². The first-order valence-corrected chi connectivity index (χ1v) is 23.9. The molecule has 0 radical (unpaired) electrons. The van der Waals surface area contributed by atoms with Gasteiger partial charge in [-0.15, -0.1) is 0 Å². The molecule has 3 fully saturated rings. The van der Waals surface area contributed by atoms with E-state index in [-0.39, 0.29) is 54.8 Å². The molecule has 2 bridgehead atoms. The summed E-state index contributed by atoms with van der Waals surface area (Å²) in [6.07, 6.45) is 11.2. The molecule has 0 aromatic rings. The van der Waals surface area contributed by atoms with Crippen LogP contribution in [0.25, 0.3) is 0 Å². The van der Waals surface area contributed by atoms with E-state index in [9.17, 15) is 39.3 Å². The smallest absolute Gasteiger partial charge is 0.329 e. The van der Waals surface area contributed by atoms with Crippen molar-refractivity contribution in [2.75, 3.05) is 27.9 Å². The van der Waals surface area contributed by atoms with Crippen LogP contribution in [0.5, 0.6) is 0 Å². The largest absolute Gasteiger partial charge is 0.460 e. The summed E-state index contributed by atoms with van der Waals surface area (Å²) in [7, 11) is 4.52. The molecule has 1 saturated carbocycles. The van der Waals surface area contributed by atoms with Gasteiger partial charge in [-0.05, 0) is 107 Å². The molecule has 14 nitrogen and oxygen atoms in total. The summed E-state index contributed by atoms with van der Waals surface area (Å²) in [4.78, 5) is 71.8. The first kappa shape index (κ1) is 54.2. The van der Waals surface area contributed by atoms with E-state index < -0.39 is 83.9 Å². The number of ether oxygens (including phenoxy) is 5. The van der Waals surface area contributed by atoms with Gasteiger partial charge < -0.3 is 43.9 Å². The minimum Gasteiger partial charge on any atom is -0.460 e. The number of cyclic esters (lactones) is 1. The summed E-state index contributed by atoms with van der Waals surface area (Å²) < 4.78 is 29.4. The highest BCUT2D eigenvalue weighted by atomic mass is 16.6. The number of fused-ring (bicyclic) bond motifs is 3. The number of nitrogens with zero attached hydrogens (tertiary/aromatic N) is 1. The van der Waals surface area contributed by atoms with Gasteiger partial charge in [-0.25, -0.2) is 4.79 Å². The van der Waals surface area contributed by atoms with Gasteiger partial charge in [0.15, 0.2) is 5.78 Å². The van der Waals surface area contributed by atoms with Crippen LogP contribution in [0.1, 0.15) is 126 Å². The molecule has 4 rings (SSSR count). The van der Waals surface area contributed by atoms with Gasteiger partial charge in [0, 0.05) is 58.5 Å². The zero-order chi connectivity index (χ0) is 48.2. The lowest BCUT2D eigenvalue weighted by Gasteiger charge is -2.42. The molecule has 0 aromatic heterocycles. The molecule has 2 unspecified atom stereocenters. The molecular weight excluding hydrogens is 835 g/mol. The van der Waals surface area contributed by atoms with Crippen molar-refractivity contribution in [1.82, 2.24) is 4.90 Å². The van der Waals surface area contributed by atoms with E-state index in [0.29, 0.717) is 63.4 Å². The Morgan fingerprint density at radius 3 is 2.25 bits per heavy atom. The fourth-order valence-corrected chi connectivity index (χ4v) is 10.1. The molecule has 2 saturated heterocycles. The number of aliphatic hydroxyl groups excluding tert-OH is 2. The van der Waals surface area contributed by atoms with E-state index in [2.05, 4.69) is 0 Å². The maximum Gasteiger partial charge on any atom is 0.329 e. The predicted octanol–water partition coefficient (Wildman–Crippen LogP) is 6.18. The molecular formula is C51H79NO13. The zero-order valence-electron chi connectivity index (χ0n) is 40.6. The minimum atomic E-state index is -2.43. The van der Waals surface area contributed by atoms with Crippen molar-refractivity contribution in [2.45, 2.75) is 180 Å². The average molecular weight is 914 g/mol. The first-order chi connectivity index (χ1) is 30.7. The van der Waals surface area contributed by atoms with Crippen molar-refractivity contribution in [1.29, 1.82) is 0 Å². The summed E-state index contributed by atoms with van der Waals surface area (Å²) >= 11 is 0. The van der Waals surface area contributed by atoms with Crippen LogP contribution in [0.2, 0.25) is 0 Å². The number of esters is 1. The van der Waals surface area contributed by atoms with Crippen molar-refractivity contribution in [3.8, 4) is 0 Å². The molecule has 65 heavy (non-hydrogen) atoms. The van der Waals surface area contributed by atoms with Crippen LogP contribution < -0.4 is 0 Å². The predicted molar refractivity (Wildman–Crippen MR) is 245 cm³/mol. The maximum absolute atomic E-state index is 14.4. The molecule has 15 atom stereocenters. The Balaban J connectivity index is 1.70. The fraction of sp³-hybridized carbons (Fsp3) is 0.745. The normalized spacial score (nSPS) is 40.4.